The Morgan fingerprint density at radius 3 is 2.77 bits per heavy atom. The van der Waals surface area contributed by atoms with Crippen LogP contribution in [0.5, 0.6) is 0 Å². The van der Waals surface area contributed by atoms with Crippen LogP contribution in [0.15, 0.2) is 41.3 Å². The molecule has 1 aromatic carbocycles. The molecule has 210 valence electrons. The maximum Gasteiger partial charge on any atom is 0.246 e. The van der Waals surface area contributed by atoms with Crippen molar-refractivity contribution in [1.29, 1.82) is 0 Å². The minimum absolute atomic E-state index is 0.0572. The molecule has 3 saturated heterocycles. The highest BCUT2D eigenvalue weighted by Gasteiger charge is 2.73. The Morgan fingerprint density at radius 1 is 1.15 bits per heavy atom. The number of rotatable bonds is 7. The van der Waals surface area contributed by atoms with E-state index < -0.39 is 29.6 Å². The third-order valence-electron chi connectivity index (χ3n) is 9.72. The zero-order valence-electron chi connectivity index (χ0n) is 22.9. The van der Waals surface area contributed by atoms with E-state index in [0.29, 0.717) is 30.7 Å². The summed E-state index contributed by atoms with van der Waals surface area (Å²) in [6, 6.07) is 6.88. The molecule has 0 unspecified atom stereocenters. The molecule has 1 aliphatic carbocycles. The SMILES string of the molecule is CSc1cccc(NC(=O)[C@@H]2[C@@H]3C=C[C@]4(O3)[C@@H]2C(=O)N(C[C@H]2CCCO2)[C@H]4C(=O)N[C@@H]2CCC[C@H](C)[C@@H]2C)c1. The first kappa shape index (κ1) is 26.8. The van der Waals surface area contributed by atoms with Gasteiger partial charge in [0.25, 0.3) is 0 Å². The van der Waals surface area contributed by atoms with Gasteiger partial charge < -0.3 is 25.0 Å². The predicted octanol–water partition coefficient (Wildman–Crippen LogP) is 3.62. The number of fused-ring (bicyclic) bond motifs is 1. The monoisotopic (exact) mass is 553 g/mol. The summed E-state index contributed by atoms with van der Waals surface area (Å²) in [7, 11) is 0. The molecule has 1 spiro atoms. The van der Waals surface area contributed by atoms with Crippen molar-refractivity contribution in [3.63, 3.8) is 0 Å². The van der Waals surface area contributed by atoms with Crippen LogP contribution in [0.3, 0.4) is 0 Å². The van der Waals surface area contributed by atoms with Gasteiger partial charge >= 0.3 is 0 Å². The number of hydrogen-bond acceptors (Lipinski definition) is 6. The molecule has 0 radical (unpaired) electrons. The quantitative estimate of drug-likeness (QED) is 0.396. The lowest BCUT2D eigenvalue weighted by molar-refractivity contribution is -0.143. The van der Waals surface area contributed by atoms with E-state index in [0.717, 1.165) is 37.0 Å². The fraction of sp³-hybridized carbons (Fsp3) is 0.633. The molecule has 39 heavy (non-hydrogen) atoms. The summed E-state index contributed by atoms with van der Waals surface area (Å²) in [5.41, 5.74) is -0.471. The van der Waals surface area contributed by atoms with Crippen LogP contribution in [0.4, 0.5) is 5.69 Å². The van der Waals surface area contributed by atoms with Crippen molar-refractivity contribution in [1.82, 2.24) is 10.2 Å². The molecule has 4 fully saturated rings. The van der Waals surface area contributed by atoms with E-state index in [1.165, 1.54) is 0 Å². The number of nitrogens with zero attached hydrogens (tertiary/aromatic N) is 1. The minimum atomic E-state index is -1.16. The summed E-state index contributed by atoms with van der Waals surface area (Å²) in [4.78, 5) is 44.6. The summed E-state index contributed by atoms with van der Waals surface area (Å²) in [5.74, 6) is -1.22. The van der Waals surface area contributed by atoms with Gasteiger partial charge in [0.15, 0.2) is 0 Å². The van der Waals surface area contributed by atoms with Crippen LogP contribution in [0.2, 0.25) is 0 Å². The molecular formula is C30H39N3O5S. The number of carbonyl (C=O) groups is 3. The van der Waals surface area contributed by atoms with Gasteiger partial charge in [-0.05, 0) is 55.6 Å². The summed E-state index contributed by atoms with van der Waals surface area (Å²) in [6.45, 7) is 5.43. The Hall–Kier alpha value is -2.36. The fourth-order valence-electron chi connectivity index (χ4n) is 7.45. The molecular weight excluding hydrogens is 514 g/mol. The predicted molar refractivity (Wildman–Crippen MR) is 149 cm³/mol. The minimum Gasteiger partial charge on any atom is -0.376 e. The van der Waals surface area contributed by atoms with Crippen LogP contribution in [-0.2, 0) is 23.9 Å². The van der Waals surface area contributed by atoms with Crippen LogP contribution in [-0.4, -0.2) is 71.9 Å². The first-order valence-electron chi connectivity index (χ1n) is 14.4. The number of amides is 3. The van der Waals surface area contributed by atoms with Gasteiger partial charge in [0.1, 0.15) is 11.6 Å². The van der Waals surface area contributed by atoms with E-state index in [-0.39, 0.29) is 29.9 Å². The number of likely N-dealkylation sites (tertiary alicyclic amines) is 1. The molecule has 2 N–H and O–H groups in total. The van der Waals surface area contributed by atoms with Gasteiger partial charge in [-0.25, -0.2) is 0 Å². The molecule has 1 saturated carbocycles. The lowest BCUT2D eigenvalue weighted by Crippen LogP contribution is -2.58. The van der Waals surface area contributed by atoms with E-state index in [2.05, 4.69) is 24.5 Å². The average Bonchev–Trinajstić information content (AvgIpc) is 3.70. The largest absolute Gasteiger partial charge is 0.376 e. The first-order chi connectivity index (χ1) is 18.8. The molecule has 1 aromatic rings. The van der Waals surface area contributed by atoms with Crippen LogP contribution in [0, 0.1) is 23.7 Å². The zero-order chi connectivity index (χ0) is 27.3. The molecule has 5 aliphatic rings. The number of thioether (sulfide) groups is 1. The van der Waals surface area contributed by atoms with Gasteiger partial charge in [-0.1, -0.05) is 44.9 Å². The van der Waals surface area contributed by atoms with Crippen molar-refractivity contribution in [2.45, 2.75) is 80.7 Å². The average molecular weight is 554 g/mol. The van der Waals surface area contributed by atoms with Crippen LogP contribution < -0.4 is 10.6 Å². The lowest BCUT2D eigenvalue weighted by Gasteiger charge is -2.38. The normalized spacial score (nSPS) is 38.7. The molecule has 4 heterocycles. The second-order valence-corrected chi connectivity index (χ2v) is 12.8. The second-order valence-electron chi connectivity index (χ2n) is 11.9. The van der Waals surface area contributed by atoms with E-state index in [9.17, 15) is 14.4 Å². The summed E-state index contributed by atoms with van der Waals surface area (Å²) < 4.78 is 12.4. The third kappa shape index (κ3) is 4.60. The van der Waals surface area contributed by atoms with Gasteiger partial charge in [-0.3, -0.25) is 14.4 Å². The van der Waals surface area contributed by atoms with E-state index in [1.54, 1.807) is 16.7 Å². The smallest absolute Gasteiger partial charge is 0.246 e. The Morgan fingerprint density at radius 2 is 2.00 bits per heavy atom. The topological polar surface area (TPSA) is 97.0 Å². The maximum absolute atomic E-state index is 14.1. The highest BCUT2D eigenvalue weighted by atomic mass is 32.2. The van der Waals surface area contributed by atoms with Gasteiger partial charge in [-0.2, -0.15) is 0 Å². The van der Waals surface area contributed by atoms with Gasteiger partial charge in [0.2, 0.25) is 17.7 Å². The van der Waals surface area contributed by atoms with Crippen molar-refractivity contribution in [3.8, 4) is 0 Å². The Bertz CT molecular complexity index is 1170. The standard InChI is InChI=1S/C30H39N3O5S/c1-17-7-4-11-22(18(17)2)32-28(35)26-30-13-12-23(38-30)24(27(34)31-19-8-5-10-21(15-19)39-3)25(30)29(36)33(26)16-20-9-6-14-37-20/h5,8,10,12-13,15,17-18,20,22-26H,4,6-7,9,11,14,16H2,1-3H3,(H,31,34)(H,32,35)/t17-,18-,20+,22+,23-,24+,25-,26-,30-/m0/s1. The van der Waals surface area contributed by atoms with Gasteiger partial charge in [0, 0.05) is 29.8 Å². The van der Waals surface area contributed by atoms with Crippen molar-refractivity contribution in [2.75, 3.05) is 24.7 Å². The summed E-state index contributed by atoms with van der Waals surface area (Å²) in [5, 5.41) is 6.33. The molecule has 3 amide bonds. The lowest BCUT2D eigenvalue weighted by atomic mass is 9.73. The van der Waals surface area contributed by atoms with E-state index in [4.69, 9.17) is 9.47 Å². The number of benzene rings is 1. The maximum atomic E-state index is 14.1. The van der Waals surface area contributed by atoms with E-state index in [1.807, 2.05) is 42.7 Å². The van der Waals surface area contributed by atoms with E-state index >= 15 is 0 Å². The van der Waals surface area contributed by atoms with Crippen molar-refractivity contribution < 1.29 is 23.9 Å². The summed E-state index contributed by atoms with van der Waals surface area (Å²) in [6.07, 6.45) is 10.0. The molecule has 8 nitrogen and oxygen atoms in total. The third-order valence-corrected chi connectivity index (χ3v) is 10.4. The highest BCUT2D eigenvalue weighted by molar-refractivity contribution is 7.98. The Balaban J connectivity index is 1.29. The Labute approximate surface area is 234 Å². The second kappa shape index (κ2) is 10.6. The zero-order valence-corrected chi connectivity index (χ0v) is 23.7. The number of ether oxygens (including phenoxy) is 2. The number of hydrogen-bond donors (Lipinski definition) is 2. The Kier molecular flexibility index (Phi) is 7.27. The van der Waals surface area contributed by atoms with Crippen LogP contribution in [0.25, 0.3) is 0 Å². The number of nitrogens with one attached hydrogen (secondary N) is 2. The van der Waals surface area contributed by atoms with Crippen LogP contribution >= 0.6 is 11.8 Å². The molecule has 9 atom stereocenters. The molecule has 9 heteroatoms. The first-order valence-corrected chi connectivity index (χ1v) is 15.6. The molecule has 6 rings (SSSR count). The molecule has 4 aliphatic heterocycles. The highest BCUT2D eigenvalue weighted by Crippen LogP contribution is 2.55. The number of anilines is 1. The summed E-state index contributed by atoms with van der Waals surface area (Å²) >= 11 is 1.60. The van der Waals surface area contributed by atoms with Crippen molar-refractivity contribution in [2.24, 2.45) is 23.7 Å². The van der Waals surface area contributed by atoms with Gasteiger partial charge in [-0.15, -0.1) is 11.8 Å². The fourth-order valence-corrected chi connectivity index (χ4v) is 7.90. The van der Waals surface area contributed by atoms with Crippen molar-refractivity contribution >= 4 is 35.2 Å². The number of carbonyl (C=O) groups excluding carboxylic acids is 3. The van der Waals surface area contributed by atoms with Crippen LogP contribution in [0.1, 0.15) is 46.0 Å². The van der Waals surface area contributed by atoms with Crippen molar-refractivity contribution in [3.05, 3.63) is 36.4 Å². The molecule has 0 aromatic heterocycles. The molecule has 2 bridgehead atoms. The van der Waals surface area contributed by atoms with Gasteiger partial charge in [0.05, 0.1) is 24.0 Å².